The summed E-state index contributed by atoms with van der Waals surface area (Å²) in [6.07, 6.45) is 0. The Hall–Kier alpha value is -2.90. The van der Waals surface area contributed by atoms with Crippen LogP contribution in [0.2, 0.25) is 5.02 Å². The number of amides is 1. The standard InChI is InChI=1S/C16H12ClN3O4/c17-11-5-6-13-12(7-11)14(18-23)16(22)20(13)8-9-1-3-10(4-2-9)15(21)19-24/h1-7,22,24H,8H2,(H,19,21). The smallest absolute Gasteiger partial charge is 0.274 e. The summed E-state index contributed by atoms with van der Waals surface area (Å²) in [6, 6.07) is 11.4. The second kappa shape index (κ2) is 6.31. The summed E-state index contributed by atoms with van der Waals surface area (Å²) >= 11 is 5.94. The van der Waals surface area contributed by atoms with Gasteiger partial charge in [-0.3, -0.25) is 10.0 Å². The van der Waals surface area contributed by atoms with Crippen molar-refractivity contribution in [2.75, 3.05) is 0 Å². The number of nitrogens with zero attached hydrogens (tertiary/aromatic N) is 2. The minimum Gasteiger partial charge on any atom is -0.493 e. The Morgan fingerprint density at radius 2 is 1.92 bits per heavy atom. The number of fused-ring (bicyclic) bond motifs is 1. The Bertz CT molecular complexity index is 935. The fraction of sp³-hybridized carbons (Fsp3) is 0.0625. The number of aromatic nitrogens is 1. The molecule has 0 aliphatic carbocycles. The van der Waals surface area contributed by atoms with Crippen molar-refractivity contribution >= 4 is 34.1 Å². The number of carbonyl (C=O) groups excluding carboxylic acids is 1. The Morgan fingerprint density at radius 3 is 2.54 bits per heavy atom. The van der Waals surface area contributed by atoms with Crippen molar-refractivity contribution in [2.45, 2.75) is 6.54 Å². The first-order valence-corrected chi connectivity index (χ1v) is 7.30. The van der Waals surface area contributed by atoms with Gasteiger partial charge in [-0.25, -0.2) is 5.48 Å². The van der Waals surface area contributed by atoms with Crippen molar-refractivity contribution in [2.24, 2.45) is 5.18 Å². The van der Waals surface area contributed by atoms with Crippen LogP contribution in [-0.2, 0) is 6.54 Å². The average Bonchev–Trinajstić information content (AvgIpc) is 2.85. The molecule has 0 bridgehead atoms. The van der Waals surface area contributed by atoms with E-state index in [2.05, 4.69) is 5.18 Å². The SMILES string of the molecule is O=Nc1c(O)n(Cc2ccc(C(=O)NO)cc2)c2ccc(Cl)cc12. The van der Waals surface area contributed by atoms with Gasteiger partial charge in [0.15, 0.2) is 5.69 Å². The predicted molar refractivity (Wildman–Crippen MR) is 88.9 cm³/mol. The number of hydrogen-bond acceptors (Lipinski definition) is 5. The molecule has 24 heavy (non-hydrogen) atoms. The molecule has 0 saturated carbocycles. The molecular formula is C16H12ClN3O4. The Kier molecular flexibility index (Phi) is 4.20. The number of benzene rings is 2. The molecule has 2 aromatic carbocycles. The van der Waals surface area contributed by atoms with E-state index in [1.807, 2.05) is 0 Å². The first-order valence-electron chi connectivity index (χ1n) is 6.92. The zero-order chi connectivity index (χ0) is 17.3. The highest BCUT2D eigenvalue weighted by molar-refractivity contribution is 6.31. The minimum absolute atomic E-state index is 0.0659. The Balaban J connectivity index is 2.02. The molecule has 7 nitrogen and oxygen atoms in total. The Labute approximate surface area is 141 Å². The minimum atomic E-state index is -0.613. The number of hydrogen-bond donors (Lipinski definition) is 3. The monoisotopic (exact) mass is 345 g/mol. The molecule has 0 unspecified atom stereocenters. The van der Waals surface area contributed by atoms with Gasteiger partial charge in [-0.2, -0.15) is 0 Å². The summed E-state index contributed by atoms with van der Waals surface area (Å²) in [6.45, 7) is 0.264. The lowest BCUT2D eigenvalue weighted by molar-refractivity contribution is 0.0706. The fourth-order valence-electron chi connectivity index (χ4n) is 2.55. The number of rotatable bonds is 4. The number of nitrogens with one attached hydrogen (secondary N) is 1. The molecule has 8 heteroatoms. The first kappa shape index (κ1) is 16.0. The molecular weight excluding hydrogens is 334 g/mol. The molecule has 0 fully saturated rings. The van der Waals surface area contributed by atoms with E-state index in [0.717, 1.165) is 5.56 Å². The van der Waals surface area contributed by atoms with Crippen LogP contribution in [0.5, 0.6) is 5.88 Å². The highest BCUT2D eigenvalue weighted by Gasteiger charge is 2.18. The summed E-state index contributed by atoms with van der Waals surface area (Å²) in [5, 5.41) is 22.7. The van der Waals surface area contributed by atoms with E-state index >= 15 is 0 Å². The maximum absolute atomic E-state index is 11.3. The molecule has 1 aromatic heterocycles. The van der Waals surface area contributed by atoms with Crippen LogP contribution in [-0.4, -0.2) is 20.8 Å². The van der Waals surface area contributed by atoms with Crippen molar-refractivity contribution in [3.8, 4) is 5.88 Å². The van der Waals surface area contributed by atoms with Crippen LogP contribution in [0.1, 0.15) is 15.9 Å². The molecule has 0 aliphatic heterocycles. The molecule has 0 aliphatic rings. The van der Waals surface area contributed by atoms with E-state index in [-0.39, 0.29) is 18.1 Å². The van der Waals surface area contributed by atoms with Gasteiger partial charge in [-0.05, 0) is 41.1 Å². The van der Waals surface area contributed by atoms with Gasteiger partial charge < -0.3 is 9.67 Å². The molecule has 0 radical (unpaired) electrons. The quantitative estimate of drug-likeness (QED) is 0.382. The second-order valence-corrected chi connectivity index (χ2v) is 5.59. The average molecular weight is 346 g/mol. The third kappa shape index (κ3) is 2.70. The van der Waals surface area contributed by atoms with Gasteiger partial charge in [0.2, 0.25) is 5.88 Å². The van der Waals surface area contributed by atoms with Gasteiger partial charge in [-0.15, -0.1) is 4.91 Å². The van der Waals surface area contributed by atoms with Crippen LogP contribution in [0.25, 0.3) is 10.9 Å². The Morgan fingerprint density at radius 1 is 1.21 bits per heavy atom. The third-order valence-corrected chi connectivity index (χ3v) is 3.96. The van der Waals surface area contributed by atoms with Gasteiger partial charge in [-0.1, -0.05) is 23.7 Å². The summed E-state index contributed by atoms with van der Waals surface area (Å²) in [7, 11) is 0. The van der Waals surface area contributed by atoms with Crippen LogP contribution in [0.15, 0.2) is 47.6 Å². The first-order chi connectivity index (χ1) is 11.5. The molecule has 122 valence electrons. The number of aromatic hydroxyl groups is 1. The molecule has 3 aromatic rings. The topological polar surface area (TPSA) is 104 Å². The fourth-order valence-corrected chi connectivity index (χ4v) is 2.73. The lowest BCUT2D eigenvalue weighted by atomic mass is 10.1. The molecule has 3 rings (SSSR count). The zero-order valence-electron chi connectivity index (χ0n) is 12.2. The van der Waals surface area contributed by atoms with Gasteiger partial charge in [0.05, 0.1) is 12.1 Å². The van der Waals surface area contributed by atoms with Gasteiger partial charge in [0.25, 0.3) is 5.91 Å². The van der Waals surface area contributed by atoms with Crippen LogP contribution < -0.4 is 5.48 Å². The largest absolute Gasteiger partial charge is 0.493 e. The van der Waals surface area contributed by atoms with E-state index in [4.69, 9.17) is 16.8 Å². The van der Waals surface area contributed by atoms with E-state index in [9.17, 15) is 14.8 Å². The third-order valence-electron chi connectivity index (χ3n) is 3.72. The van der Waals surface area contributed by atoms with Crippen LogP contribution >= 0.6 is 11.6 Å². The summed E-state index contributed by atoms with van der Waals surface area (Å²) in [5.74, 6) is -0.864. The van der Waals surface area contributed by atoms with Crippen molar-refractivity contribution in [1.29, 1.82) is 0 Å². The molecule has 3 N–H and O–H groups in total. The lowest BCUT2D eigenvalue weighted by Gasteiger charge is -2.08. The van der Waals surface area contributed by atoms with Crippen LogP contribution in [0.4, 0.5) is 5.69 Å². The predicted octanol–water partition coefficient (Wildman–Crippen LogP) is 3.57. The highest BCUT2D eigenvalue weighted by Crippen LogP contribution is 2.39. The molecule has 1 heterocycles. The van der Waals surface area contributed by atoms with E-state index in [1.54, 1.807) is 47.9 Å². The maximum Gasteiger partial charge on any atom is 0.274 e. The maximum atomic E-state index is 11.3. The van der Waals surface area contributed by atoms with Gasteiger partial charge in [0, 0.05) is 16.0 Å². The van der Waals surface area contributed by atoms with E-state index in [0.29, 0.717) is 21.5 Å². The highest BCUT2D eigenvalue weighted by atomic mass is 35.5. The van der Waals surface area contributed by atoms with Crippen molar-refractivity contribution in [3.63, 3.8) is 0 Å². The summed E-state index contributed by atoms with van der Waals surface area (Å²) in [4.78, 5) is 22.4. The lowest BCUT2D eigenvalue weighted by Crippen LogP contribution is -2.18. The molecule has 1 amide bonds. The molecule has 0 saturated heterocycles. The van der Waals surface area contributed by atoms with Gasteiger partial charge >= 0.3 is 0 Å². The molecule has 0 spiro atoms. The van der Waals surface area contributed by atoms with E-state index < -0.39 is 5.91 Å². The van der Waals surface area contributed by atoms with Crippen molar-refractivity contribution in [3.05, 3.63) is 63.5 Å². The summed E-state index contributed by atoms with van der Waals surface area (Å²) in [5.41, 5.74) is 3.18. The number of hydroxylamine groups is 1. The van der Waals surface area contributed by atoms with Crippen LogP contribution in [0, 0.1) is 4.91 Å². The van der Waals surface area contributed by atoms with Gasteiger partial charge in [0.1, 0.15) is 0 Å². The normalized spacial score (nSPS) is 10.8. The number of halogens is 1. The summed E-state index contributed by atoms with van der Waals surface area (Å²) < 4.78 is 1.53. The number of nitroso groups, excluding NO2 is 1. The molecule has 0 atom stereocenters. The zero-order valence-corrected chi connectivity index (χ0v) is 13.0. The number of carbonyl (C=O) groups is 1. The second-order valence-electron chi connectivity index (χ2n) is 5.15. The van der Waals surface area contributed by atoms with E-state index in [1.165, 1.54) is 4.57 Å². The van der Waals surface area contributed by atoms with Crippen LogP contribution in [0.3, 0.4) is 0 Å². The van der Waals surface area contributed by atoms with Crippen molar-refractivity contribution < 1.29 is 15.1 Å². The van der Waals surface area contributed by atoms with Crippen molar-refractivity contribution in [1.82, 2.24) is 10.0 Å².